The highest BCUT2D eigenvalue weighted by Crippen LogP contribution is 2.49. The van der Waals surface area contributed by atoms with E-state index in [0.29, 0.717) is 22.8 Å². The second-order valence-corrected chi connectivity index (χ2v) is 8.04. The number of benzene rings is 3. The number of rotatable bonds is 2. The van der Waals surface area contributed by atoms with Crippen LogP contribution in [0.5, 0.6) is 5.75 Å². The van der Waals surface area contributed by atoms with Crippen LogP contribution >= 0.6 is 12.2 Å². The fourth-order valence-corrected chi connectivity index (χ4v) is 4.84. The Balaban J connectivity index is 1.67. The normalized spacial score (nSPS) is 22.3. The second kappa shape index (κ2) is 6.92. The Hall–Kier alpha value is -3.25. The van der Waals surface area contributed by atoms with Crippen LogP contribution in [0.3, 0.4) is 0 Å². The summed E-state index contributed by atoms with van der Waals surface area (Å²) in [5.74, 6) is 0.213. The summed E-state index contributed by atoms with van der Waals surface area (Å²) >= 11 is 5.85. The number of hydrogen-bond donors (Lipinski definition) is 0. The van der Waals surface area contributed by atoms with E-state index >= 15 is 0 Å². The number of fused-ring (bicyclic) bond motifs is 4. The van der Waals surface area contributed by atoms with Gasteiger partial charge in [-0.3, -0.25) is 14.6 Å². The molecule has 0 aliphatic carbocycles. The summed E-state index contributed by atoms with van der Waals surface area (Å²) in [5, 5.41) is 0.337. The highest BCUT2D eigenvalue weighted by atomic mass is 32.1. The Bertz CT molecular complexity index is 1140. The molecule has 0 unspecified atom stereocenters. The minimum absolute atomic E-state index is 0.170. The number of nitrogens with zero attached hydrogens (tertiary/aromatic N) is 2. The van der Waals surface area contributed by atoms with Crippen LogP contribution in [0.4, 0.5) is 10.1 Å². The molecule has 1 amide bonds. The fourth-order valence-electron chi connectivity index (χ4n) is 4.33. The molecule has 0 aromatic heterocycles. The molecule has 5 rings (SSSR count). The van der Waals surface area contributed by atoms with Crippen LogP contribution < -0.4 is 9.64 Å². The lowest BCUT2D eigenvalue weighted by atomic mass is 9.88. The molecule has 2 atom stereocenters. The molecule has 2 aliphatic heterocycles. The molecule has 0 radical (unpaired) electrons. The Morgan fingerprint density at radius 2 is 1.70 bits per heavy atom. The van der Waals surface area contributed by atoms with Crippen molar-refractivity contribution >= 4 is 28.9 Å². The Labute approximate surface area is 179 Å². The van der Waals surface area contributed by atoms with Gasteiger partial charge in [-0.25, -0.2) is 4.39 Å². The van der Waals surface area contributed by atoms with Gasteiger partial charge in [-0.15, -0.1) is 0 Å². The zero-order valence-electron chi connectivity index (χ0n) is 16.3. The highest BCUT2D eigenvalue weighted by molar-refractivity contribution is 7.80. The van der Waals surface area contributed by atoms with Crippen molar-refractivity contribution in [2.75, 3.05) is 4.90 Å². The van der Waals surface area contributed by atoms with Crippen LogP contribution in [-0.4, -0.2) is 21.6 Å². The molecule has 3 aromatic rings. The first kappa shape index (κ1) is 18.8. The predicted molar refractivity (Wildman–Crippen MR) is 117 cm³/mol. The van der Waals surface area contributed by atoms with Gasteiger partial charge >= 0.3 is 0 Å². The number of carbonyl (C=O) groups excluding carboxylic acids is 1. The van der Waals surface area contributed by atoms with Gasteiger partial charge in [-0.1, -0.05) is 36.4 Å². The first-order valence-corrected chi connectivity index (χ1v) is 10.1. The SMILES string of the molecule is C[C@@]12C[C@H](c3ccccc3O1)N(C(=O)c1ccccc1)C(=S)N2c1ccc(F)cc1. The molecule has 4 nitrogen and oxygen atoms in total. The van der Waals surface area contributed by atoms with Gasteiger partial charge in [0.2, 0.25) is 0 Å². The van der Waals surface area contributed by atoms with Crippen molar-refractivity contribution in [3.63, 3.8) is 0 Å². The number of hydrogen-bond acceptors (Lipinski definition) is 3. The maximum absolute atomic E-state index is 13.6. The minimum Gasteiger partial charge on any atom is -0.467 e. The van der Waals surface area contributed by atoms with E-state index in [9.17, 15) is 9.18 Å². The summed E-state index contributed by atoms with van der Waals surface area (Å²) in [5.41, 5.74) is 1.36. The molecule has 1 saturated heterocycles. The fraction of sp³-hybridized carbons (Fsp3) is 0.167. The number of carbonyl (C=O) groups is 1. The molecule has 0 saturated carbocycles. The Morgan fingerprint density at radius 3 is 2.43 bits per heavy atom. The van der Waals surface area contributed by atoms with Crippen LogP contribution in [0, 0.1) is 5.82 Å². The largest absolute Gasteiger partial charge is 0.467 e. The van der Waals surface area contributed by atoms with E-state index in [1.165, 1.54) is 12.1 Å². The van der Waals surface area contributed by atoms with Crippen molar-refractivity contribution in [2.24, 2.45) is 0 Å². The number of ether oxygens (including phenoxy) is 1. The van der Waals surface area contributed by atoms with Gasteiger partial charge in [-0.2, -0.15) is 0 Å². The summed E-state index contributed by atoms with van der Waals surface area (Å²) < 4.78 is 20.0. The standard InChI is InChI=1S/C24H19FN2O2S/c1-24-15-20(19-9-5-6-10-21(19)29-24)26(22(28)16-7-3-2-4-8-16)23(30)27(24)18-13-11-17(25)12-14-18/h2-14,20H,15H2,1H3/t20-,24+/m1/s1. The van der Waals surface area contributed by atoms with Crippen molar-refractivity contribution in [1.82, 2.24) is 4.90 Å². The molecule has 3 aromatic carbocycles. The Kier molecular flexibility index (Phi) is 4.33. The third-order valence-corrected chi connectivity index (χ3v) is 6.07. The Morgan fingerprint density at radius 1 is 1.03 bits per heavy atom. The van der Waals surface area contributed by atoms with Crippen molar-refractivity contribution in [3.8, 4) is 5.75 Å². The van der Waals surface area contributed by atoms with Gasteiger partial charge in [0.25, 0.3) is 5.91 Å². The lowest BCUT2D eigenvalue weighted by molar-refractivity contribution is 0.0184. The zero-order valence-corrected chi connectivity index (χ0v) is 17.1. The summed E-state index contributed by atoms with van der Waals surface area (Å²) in [6.45, 7) is 1.95. The molecule has 150 valence electrons. The third kappa shape index (κ3) is 2.87. The molecular weight excluding hydrogens is 399 g/mol. The third-order valence-electron chi connectivity index (χ3n) is 5.69. The summed E-state index contributed by atoms with van der Waals surface area (Å²) in [6, 6.07) is 22.7. The number of halogens is 1. The van der Waals surface area contributed by atoms with Crippen LogP contribution in [0.25, 0.3) is 0 Å². The van der Waals surface area contributed by atoms with E-state index in [2.05, 4.69) is 0 Å². The first-order valence-electron chi connectivity index (χ1n) is 9.74. The van der Waals surface area contributed by atoms with Gasteiger partial charge in [-0.05, 0) is 61.6 Å². The smallest absolute Gasteiger partial charge is 0.260 e. The molecule has 0 N–H and O–H groups in total. The topological polar surface area (TPSA) is 32.8 Å². The average Bonchev–Trinajstić information content (AvgIpc) is 2.75. The van der Waals surface area contributed by atoms with Crippen molar-refractivity contribution in [3.05, 3.63) is 95.8 Å². The quantitative estimate of drug-likeness (QED) is 0.528. The van der Waals surface area contributed by atoms with Crippen LogP contribution in [0.1, 0.15) is 35.3 Å². The van der Waals surface area contributed by atoms with Gasteiger partial charge in [0.05, 0.1) is 6.04 Å². The predicted octanol–water partition coefficient (Wildman–Crippen LogP) is 5.31. The minimum atomic E-state index is -0.804. The van der Waals surface area contributed by atoms with E-state index < -0.39 is 5.72 Å². The van der Waals surface area contributed by atoms with E-state index in [1.54, 1.807) is 29.2 Å². The lowest BCUT2D eigenvalue weighted by Gasteiger charge is -2.55. The molecular formula is C24H19FN2O2S. The van der Waals surface area contributed by atoms with Crippen LogP contribution in [0.15, 0.2) is 78.9 Å². The van der Waals surface area contributed by atoms with Gasteiger partial charge in [0.15, 0.2) is 10.8 Å². The van der Waals surface area contributed by atoms with E-state index in [-0.39, 0.29) is 17.8 Å². The van der Waals surface area contributed by atoms with Crippen LogP contribution in [-0.2, 0) is 0 Å². The molecule has 0 spiro atoms. The molecule has 1 fully saturated rings. The number of anilines is 1. The maximum Gasteiger partial charge on any atom is 0.260 e. The summed E-state index contributed by atoms with van der Waals surface area (Å²) in [6.07, 6.45) is 0.528. The monoisotopic (exact) mass is 418 g/mol. The number of thiocarbonyl (C=S) groups is 1. The van der Waals surface area contributed by atoms with E-state index in [0.717, 1.165) is 11.3 Å². The molecule has 30 heavy (non-hydrogen) atoms. The number of amides is 1. The van der Waals surface area contributed by atoms with E-state index in [1.807, 2.05) is 54.3 Å². The summed E-state index contributed by atoms with van der Waals surface area (Å²) in [4.78, 5) is 17.0. The molecule has 2 heterocycles. The van der Waals surface area contributed by atoms with Crippen LogP contribution in [0.2, 0.25) is 0 Å². The zero-order chi connectivity index (χ0) is 20.9. The van der Waals surface area contributed by atoms with Crippen molar-refractivity contribution in [1.29, 1.82) is 0 Å². The molecule has 2 bridgehead atoms. The van der Waals surface area contributed by atoms with Gasteiger partial charge < -0.3 is 4.74 Å². The first-order chi connectivity index (χ1) is 14.5. The molecule has 6 heteroatoms. The van der Waals surface area contributed by atoms with Crippen molar-refractivity contribution < 1.29 is 13.9 Å². The van der Waals surface area contributed by atoms with Crippen molar-refractivity contribution in [2.45, 2.75) is 25.1 Å². The highest BCUT2D eigenvalue weighted by Gasteiger charge is 2.53. The second-order valence-electron chi connectivity index (χ2n) is 7.67. The molecule has 2 aliphatic rings. The van der Waals surface area contributed by atoms with Gasteiger partial charge in [0.1, 0.15) is 11.6 Å². The average molecular weight is 418 g/mol. The van der Waals surface area contributed by atoms with Gasteiger partial charge in [0, 0.05) is 23.2 Å². The maximum atomic E-state index is 13.6. The summed E-state index contributed by atoms with van der Waals surface area (Å²) in [7, 11) is 0. The van der Waals surface area contributed by atoms with E-state index in [4.69, 9.17) is 17.0 Å². The number of para-hydroxylation sites is 1. The lowest BCUT2D eigenvalue weighted by Crippen LogP contribution is -2.67.